The summed E-state index contributed by atoms with van der Waals surface area (Å²) in [7, 11) is 1.33. The Labute approximate surface area is 91.3 Å². The zero-order chi connectivity index (χ0) is 11.9. The molecular weight excluding hydrogens is 196 g/mol. The zero-order valence-corrected chi connectivity index (χ0v) is 10.0. The molecule has 0 aliphatic heterocycles. The lowest BCUT2D eigenvalue weighted by atomic mass is 10.2. The van der Waals surface area contributed by atoms with E-state index in [9.17, 15) is 4.79 Å². The quantitative estimate of drug-likeness (QED) is 0.379. The van der Waals surface area contributed by atoms with Crippen LogP contribution >= 0.6 is 0 Å². The molecule has 0 bridgehead atoms. The van der Waals surface area contributed by atoms with Gasteiger partial charge in [0.1, 0.15) is 6.04 Å². The van der Waals surface area contributed by atoms with Crippen LogP contribution in [-0.4, -0.2) is 38.0 Å². The normalized spacial score (nSPS) is 13.7. The van der Waals surface area contributed by atoms with Crippen molar-refractivity contribution in [2.75, 3.05) is 20.4 Å². The lowest BCUT2D eigenvalue weighted by Gasteiger charge is -2.20. The van der Waals surface area contributed by atoms with E-state index in [-0.39, 0.29) is 11.6 Å². The minimum Gasteiger partial charge on any atom is -0.468 e. The van der Waals surface area contributed by atoms with E-state index in [1.807, 2.05) is 20.8 Å². The van der Waals surface area contributed by atoms with Crippen LogP contribution in [0.15, 0.2) is 0 Å². The van der Waals surface area contributed by atoms with E-state index in [1.165, 1.54) is 7.11 Å². The molecule has 0 amide bonds. The maximum Gasteiger partial charge on any atom is 0.322 e. The molecule has 0 aromatic carbocycles. The van der Waals surface area contributed by atoms with Gasteiger partial charge in [-0.3, -0.25) is 10.1 Å². The zero-order valence-electron chi connectivity index (χ0n) is 10.0. The van der Waals surface area contributed by atoms with Gasteiger partial charge in [0.05, 0.1) is 19.4 Å². The molecule has 15 heavy (non-hydrogen) atoms. The molecule has 0 radical (unpaired) electrons. The molecule has 0 saturated heterocycles. The minimum atomic E-state index is -0.558. The standard InChI is InChI=1S/C10H22N2O3/c1-10(2,3)15-7-12-6-5-8(11)9(13)14-4/h8,12H,5-7,11H2,1-4H3/t8-/m0/s1. The van der Waals surface area contributed by atoms with Gasteiger partial charge in [0, 0.05) is 0 Å². The molecule has 3 N–H and O–H groups in total. The Morgan fingerprint density at radius 2 is 2.07 bits per heavy atom. The van der Waals surface area contributed by atoms with Crippen LogP contribution in [0.1, 0.15) is 27.2 Å². The van der Waals surface area contributed by atoms with Crippen LogP contribution in [0.2, 0.25) is 0 Å². The number of methoxy groups -OCH3 is 1. The van der Waals surface area contributed by atoms with Gasteiger partial charge in [0.15, 0.2) is 0 Å². The Bertz CT molecular complexity index is 190. The van der Waals surface area contributed by atoms with Crippen molar-refractivity contribution in [1.29, 1.82) is 0 Å². The smallest absolute Gasteiger partial charge is 0.322 e. The highest BCUT2D eigenvalue weighted by atomic mass is 16.5. The van der Waals surface area contributed by atoms with Crippen molar-refractivity contribution < 1.29 is 14.3 Å². The van der Waals surface area contributed by atoms with Gasteiger partial charge in [-0.15, -0.1) is 0 Å². The van der Waals surface area contributed by atoms with Gasteiger partial charge in [-0.1, -0.05) is 0 Å². The first kappa shape index (κ1) is 14.3. The fraction of sp³-hybridized carbons (Fsp3) is 0.900. The molecule has 90 valence electrons. The summed E-state index contributed by atoms with van der Waals surface area (Å²) in [5.41, 5.74) is 5.39. The van der Waals surface area contributed by atoms with E-state index in [0.29, 0.717) is 19.7 Å². The highest BCUT2D eigenvalue weighted by molar-refractivity contribution is 5.75. The molecule has 5 heteroatoms. The van der Waals surface area contributed by atoms with Crippen molar-refractivity contribution in [2.45, 2.75) is 38.8 Å². The number of hydrogen-bond acceptors (Lipinski definition) is 5. The van der Waals surface area contributed by atoms with Crippen molar-refractivity contribution in [1.82, 2.24) is 5.32 Å². The average Bonchev–Trinajstić information content (AvgIpc) is 2.14. The molecule has 0 aromatic heterocycles. The maximum absolute atomic E-state index is 10.9. The van der Waals surface area contributed by atoms with Gasteiger partial charge in [-0.25, -0.2) is 0 Å². The molecule has 0 unspecified atom stereocenters. The van der Waals surface area contributed by atoms with Gasteiger partial charge in [-0.2, -0.15) is 0 Å². The first-order chi connectivity index (χ1) is 6.87. The van der Waals surface area contributed by atoms with E-state index >= 15 is 0 Å². The first-order valence-corrected chi connectivity index (χ1v) is 5.05. The van der Waals surface area contributed by atoms with Gasteiger partial charge < -0.3 is 15.2 Å². The fourth-order valence-corrected chi connectivity index (χ4v) is 0.866. The monoisotopic (exact) mass is 218 g/mol. The predicted octanol–water partition coefficient (Wildman–Crippen LogP) is 0.239. The third-order valence-electron chi connectivity index (χ3n) is 1.74. The third-order valence-corrected chi connectivity index (χ3v) is 1.74. The van der Waals surface area contributed by atoms with Crippen LogP contribution < -0.4 is 11.1 Å². The summed E-state index contributed by atoms with van der Waals surface area (Å²) in [6, 6.07) is -0.558. The van der Waals surface area contributed by atoms with E-state index < -0.39 is 6.04 Å². The van der Waals surface area contributed by atoms with Gasteiger partial charge in [0.25, 0.3) is 0 Å². The Hall–Kier alpha value is -0.650. The van der Waals surface area contributed by atoms with E-state index in [4.69, 9.17) is 10.5 Å². The Morgan fingerprint density at radius 3 is 2.53 bits per heavy atom. The van der Waals surface area contributed by atoms with Crippen LogP contribution in [0.25, 0.3) is 0 Å². The molecule has 0 rings (SSSR count). The molecule has 0 aliphatic rings. The summed E-state index contributed by atoms with van der Waals surface area (Å²) in [6.07, 6.45) is 0.542. The van der Waals surface area contributed by atoms with Crippen molar-refractivity contribution in [3.8, 4) is 0 Å². The van der Waals surface area contributed by atoms with Crippen LogP contribution in [0.3, 0.4) is 0 Å². The summed E-state index contributed by atoms with van der Waals surface area (Å²) in [5.74, 6) is -0.381. The molecule has 0 aromatic rings. The number of ether oxygens (including phenoxy) is 2. The maximum atomic E-state index is 10.9. The highest BCUT2D eigenvalue weighted by Crippen LogP contribution is 2.04. The van der Waals surface area contributed by atoms with Crippen LogP contribution in [0.4, 0.5) is 0 Å². The minimum absolute atomic E-state index is 0.155. The molecule has 0 aliphatic carbocycles. The summed E-state index contributed by atoms with van der Waals surface area (Å²) < 4.78 is 9.93. The number of esters is 1. The van der Waals surface area contributed by atoms with Crippen molar-refractivity contribution in [3.63, 3.8) is 0 Å². The largest absolute Gasteiger partial charge is 0.468 e. The molecular formula is C10H22N2O3. The molecule has 0 heterocycles. The number of hydrogen-bond donors (Lipinski definition) is 2. The van der Waals surface area contributed by atoms with Gasteiger partial charge in [-0.05, 0) is 33.7 Å². The third kappa shape index (κ3) is 8.35. The topological polar surface area (TPSA) is 73.6 Å². The van der Waals surface area contributed by atoms with E-state index in [0.717, 1.165) is 0 Å². The fourth-order valence-electron chi connectivity index (χ4n) is 0.866. The van der Waals surface area contributed by atoms with Crippen LogP contribution in [0.5, 0.6) is 0 Å². The van der Waals surface area contributed by atoms with Crippen molar-refractivity contribution in [3.05, 3.63) is 0 Å². The molecule has 0 spiro atoms. The summed E-state index contributed by atoms with van der Waals surface area (Å²) in [4.78, 5) is 10.9. The molecule has 1 atom stereocenters. The highest BCUT2D eigenvalue weighted by Gasteiger charge is 2.13. The average molecular weight is 218 g/mol. The number of carbonyl (C=O) groups excluding carboxylic acids is 1. The van der Waals surface area contributed by atoms with Crippen LogP contribution in [0, 0.1) is 0 Å². The van der Waals surface area contributed by atoms with Gasteiger partial charge >= 0.3 is 5.97 Å². The lowest BCUT2D eigenvalue weighted by Crippen LogP contribution is -2.36. The number of carbonyl (C=O) groups is 1. The van der Waals surface area contributed by atoms with Crippen molar-refractivity contribution >= 4 is 5.97 Å². The van der Waals surface area contributed by atoms with Crippen molar-refractivity contribution in [2.24, 2.45) is 5.73 Å². The molecule has 0 saturated carbocycles. The summed E-state index contributed by atoms with van der Waals surface area (Å²) in [6.45, 7) is 7.03. The lowest BCUT2D eigenvalue weighted by molar-refractivity contribution is -0.142. The second-order valence-corrected chi connectivity index (χ2v) is 4.32. The predicted molar refractivity (Wildman–Crippen MR) is 58.3 cm³/mol. The Kier molecular flexibility index (Phi) is 6.47. The SMILES string of the molecule is COC(=O)[C@@H](N)CCNCOC(C)(C)C. The van der Waals surface area contributed by atoms with Crippen LogP contribution in [-0.2, 0) is 14.3 Å². The summed E-state index contributed by atoms with van der Waals surface area (Å²) in [5, 5.41) is 3.04. The second-order valence-electron chi connectivity index (χ2n) is 4.32. The van der Waals surface area contributed by atoms with E-state index in [1.54, 1.807) is 0 Å². The summed E-state index contributed by atoms with van der Waals surface area (Å²) >= 11 is 0. The Balaban J connectivity index is 3.43. The Morgan fingerprint density at radius 1 is 1.47 bits per heavy atom. The number of rotatable bonds is 6. The van der Waals surface area contributed by atoms with Gasteiger partial charge in [0.2, 0.25) is 0 Å². The van der Waals surface area contributed by atoms with E-state index in [2.05, 4.69) is 10.1 Å². The number of nitrogens with one attached hydrogen (secondary N) is 1. The first-order valence-electron chi connectivity index (χ1n) is 5.05. The molecule has 0 fully saturated rings. The number of nitrogens with two attached hydrogens (primary N) is 1. The second kappa shape index (κ2) is 6.76. The molecule has 5 nitrogen and oxygen atoms in total.